The van der Waals surface area contributed by atoms with E-state index in [4.69, 9.17) is 9.47 Å². The molecule has 5 N–H and O–H groups in total. The van der Waals surface area contributed by atoms with Gasteiger partial charge < -0.3 is 41.0 Å². The van der Waals surface area contributed by atoms with Crippen LogP contribution >= 0.6 is 23.5 Å². The molecule has 3 heterocycles. The van der Waals surface area contributed by atoms with E-state index in [1.54, 1.807) is 55.5 Å². The third-order valence-electron chi connectivity index (χ3n) is 12.0. The second-order valence-corrected chi connectivity index (χ2v) is 19.9. The lowest BCUT2D eigenvalue weighted by Crippen LogP contribution is -2.53. The van der Waals surface area contributed by atoms with Crippen molar-refractivity contribution in [3.63, 3.8) is 0 Å². The van der Waals surface area contributed by atoms with E-state index < -0.39 is 23.9 Å². The summed E-state index contributed by atoms with van der Waals surface area (Å²) in [6.45, 7) is 8.17. The van der Waals surface area contributed by atoms with Crippen LogP contribution in [0.25, 0.3) is 5.57 Å². The van der Waals surface area contributed by atoms with Gasteiger partial charge in [-0.2, -0.15) is 16.7 Å². The summed E-state index contributed by atoms with van der Waals surface area (Å²) in [5, 5.41) is 15.9. The number of hydrogen-bond donors (Lipinski definition) is 5. The van der Waals surface area contributed by atoms with Gasteiger partial charge in [0.05, 0.1) is 31.0 Å². The minimum atomic E-state index is -0.899. The number of fused-ring (bicyclic) bond motifs is 2. The SMILES string of the molecule is CCCOc1cc2c(cc1OC)C(=O)N1C=C(c3ccc(NC(=O)[C@H](C)NC(=O)[C@@H](NC(=O)CCCNc4nc(NC(=O)CCSC5CCCCCCC5)cc(SC)n4)C(C)C)cc3)C[C@H]1C=N2. The van der Waals surface area contributed by atoms with Gasteiger partial charge in [-0.05, 0) is 74.1 Å². The van der Waals surface area contributed by atoms with Gasteiger partial charge in [0.15, 0.2) is 11.5 Å². The number of benzene rings is 2. The number of ether oxygens (including phenoxy) is 2. The molecule has 366 valence electrons. The van der Waals surface area contributed by atoms with Crippen LogP contribution in [0.4, 0.5) is 23.1 Å². The maximum atomic E-state index is 13.7. The zero-order valence-electron chi connectivity index (χ0n) is 40.2. The zero-order valence-corrected chi connectivity index (χ0v) is 41.8. The van der Waals surface area contributed by atoms with Gasteiger partial charge in [0.1, 0.15) is 22.9 Å². The van der Waals surface area contributed by atoms with E-state index in [2.05, 4.69) is 41.5 Å². The first-order valence-corrected chi connectivity index (χ1v) is 26.1. The second kappa shape index (κ2) is 25.7. The molecule has 68 heavy (non-hydrogen) atoms. The molecule has 3 atom stereocenters. The first kappa shape index (κ1) is 51.8. The van der Waals surface area contributed by atoms with Crippen LogP contribution in [0, 0.1) is 5.92 Å². The van der Waals surface area contributed by atoms with E-state index in [9.17, 15) is 24.0 Å². The lowest BCUT2D eigenvalue weighted by atomic mass is 10.0. The van der Waals surface area contributed by atoms with E-state index in [-0.39, 0.29) is 36.1 Å². The lowest BCUT2D eigenvalue weighted by molar-refractivity contribution is -0.131. The molecule has 2 aliphatic heterocycles. The van der Waals surface area contributed by atoms with Crippen molar-refractivity contribution in [3.8, 4) is 11.5 Å². The van der Waals surface area contributed by atoms with E-state index in [0.29, 0.717) is 82.9 Å². The van der Waals surface area contributed by atoms with Crippen LogP contribution in [0.5, 0.6) is 11.5 Å². The smallest absolute Gasteiger partial charge is 0.260 e. The van der Waals surface area contributed by atoms with E-state index in [0.717, 1.165) is 23.3 Å². The van der Waals surface area contributed by atoms with E-state index in [1.807, 2.05) is 57.1 Å². The van der Waals surface area contributed by atoms with Crippen LogP contribution < -0.4 is 36.1 Å². The van der Waals surface area contributed by atoms with Gasteiger partial charge in [-0.3, -0.25) is 29.0 Å². The van der Waals surface area contributed by atoms with Crippen LogP contribution in [0.3, 0.4) is 0 Å². The summed E-state index contributed by atoms with van der Waals surface area (Å²) in [6, 6.07) is 10.4. The summed E-state index contributed by atoms with van der Waals surface area (Å²) in [6.07, 6.45) is 16.9. The molecule has 0 saturated heterocycles. The Bertz CT molecular complexity index is 2300. The number of nitrogens with one attached hydrogen (secondary N) is 5. The molecule has 1 aromatic heterocycles. The minimum Gasteiger partial charge on any atom is -0.493 e. The number of carbonyl (C=O) groups excluding carboxylic acids is 5. The fraction of sp³-hybridized carbons (Fsp3) is 0.520. The zero-order chi connectivity index (χ0) is 48.6. The number of thioether (sulfide) groups is 2. The maximum absolute atomic E-state index is 13.7. The monoisotopic (exact) mass is 969 g/mol. The minimum absolute atomic E-state index is 0.0787. The Labute approximate surface area is 408 Å². The standard InChI is InChI=1S/C50H67N9O7S2/c1-7-23-66-41-27-39-38(26-40(41)65-5)49(64)59-30-34(25-36(59)29-52-39)33-17-19-35(20-18-33)54-47(62)32(4)53-48(63)46(31(2)3)57-43(60)16-13-22-51-50-56-42(28-45(58-50)67-6)55-44(61)21-24-68-37-14-11-9-8-10-12-15-37/h17-20,26-32,36-37,46H,7-16,21-25H2,1-6H3,(H,53,63)(H,54,62)(H,57,60)(H2,51,55,56,58,61)/t32-,36-,46-/m0/s1. The van der Waals surface area contributed by atoms with Crippen molar-refractivity contribution in [1.82, 2.24) is 25.5 Å². The number of hydrogen-bond acceptors (Lipinski definition) is 13. The van der Waals surface area contributed by atoms with Gasteiger partial charge in [-0.25, -0.2) is 4.98 Å². The molecule has 18 heteroatoms. The number of aromatic nitrogens is 2. The normalized spacial score (nSPS) is 16.8. The first-order chi connectivity index (χ1) is 32.8. The molecule has 0 unspecified atom stereocenters. The quantitative estimate of drug-likeness (QED) is 0.0365. The summed E-state index contributed by atoms with van der Waals surface area (Å²) in [4.78, 5) is 81.6. The number of methoxy groups -OCH3 is 1. The molecule has 1 aliphatic carbocycles. The average Bonchev–Trinajstić information content (AvgIpc) is 3.70. The third kappa shape index (κ3) is 14.7. The third-order valence-corrected chi connectivity index (χ3v) is 14.0. The molecule has 6 rings (SSSR count). The Hall–Kier alpha value is -5.62. The molecule has 1 fully saturated rings. The van der Waals surface area contributed by atoms with Crippen LogP contribution in [-0.4, -0.2) is 106 Å². The van der Waals surface area contributed by atoms with E-state index >= 15 is 0 Å². The molecule has 2 aromatic carbocycles. The highest BCUT2D eigenvalue weighted by molar-refractivity contribution is 7.99. The van der Waals surface area contributed by atoms with Crippen molar-refractivity contribution < 1.29 is 33.4 Å². The largest absolute Gasteiger partial charge is 0.493 e. The van der Waals surface area contributed by atoms with Crippen molar-refractivity contribution in [2.75, 3.05) is 48.2 Å². The number of aliphatic imine (C=N–C) groups is 1. The number of amides is 5. The Balaban J connectivity index is 0.931. The first-order valence-electron chi connectivity index (χ1n) is 23.9. The Morgan fingerprint density at radius 3 is 2.34 bits per heavy atom. The van der Waals surface area contributed by atoms with E-state index in [1.165, 1.54) is 56.7 Å². The van der Waals surface area contributed by atoms with Crippen molar-refractivity contribution in [2.24, 2.45) is 10.9 Å². The van der Waals surface area contributed by atoms with Crippen LogP contribution in [-0.2, 0) is 19.2 Å². The van der Waals surface area contributed by atoms with Crippen LogP contribution in [0.1, 0.15) is 121 Å². The topological polar surface area (TPSA) is 205 Å². The summed E-state index contributed by atoms with van der Waals surface area (Å²) in [7, 11) is 1.54. The molecular weight excluding hydrogens is 903 g/mol. The average molecular weight is 970 g/mol. The highest BCUT2D eigenvalue weighted by atomic mass is 32.2. The van der Waals surface area contributed by atoms with Crippen molar-refractivity contribution in [3.05, 3.63) is 59.8 Å². The van der Waals surface area contributed by atoms with Crippen LogP contribution in [0.2, 0.25) is 0 Å². The predicted octanol–water partition coefficient (Wildman–Crippen LogP) is 8.62. The van der Waals surface area contributed by atoms with Gasteiger partial charge in [0, 0.05) is 67.0 Å². The molecule has 3 aromatic rings. The molecule has 1 saturated carbocycles. The molecule has 0 spiro atoms. The van der Waals surface area contributed by atoms with Crippen LogP contribution in [0.15, 0.2) is 58.7 Å². The number of rotatable bonds is 22. The number of carbonyl (C=O) groups is 5. The molecule has 0 bridgehead atoms. The van der Waals surface area contributed by atoms with Gasteiger partial charge in [0.2, 0.25) is 29.6 Å². The predicted molar refractivity (Wildman–Crippen MR) is 272 cm³/mol. The maximum Gasteiger partial charge on any atom is 0.260 e. The Kier molecular flexibility index (Phi) is 19.5. The van der Waals surface area contributed by atoms with Gasteiger partial charge >= 0.3 is 0 Å². The van der Waals surface area contributed by atoms with Crippen molar-refractivity contribution in [1.29, 1.82) is 0 Å². The number of anilines is 3. The summed E-state index contributed by atoms with van der Waals surface area (Å²) >= 11 is 3.35. The summed E-state index contributed by atoms with van der Waals surface area (Å²) < 4.78 is 11.4. The fourth-order valence-electron chi connectivity index (χ4n) is 8.18. The lowest BCUT2D eigenvalue weighted by Gasteiger charge is -2.24. The molecule has 16 nitrogen and oxygen atoms in total. The molecule has 0 radical (unpaired) electrons. The van der Waals surface area contributed by atoms with Gasteiger partial charge in [-0.1, -0.05) is 65.0 Å². The Morgan fingerprint density at radius 1 is 0.882 bits per heavy atom. The van der Waals surface area contributed by atoms with Crippen molar-refractivity contribution in [2.45, 2.75) is 133 Å². The summed E-state index contributed by atoms with van der Waals surface area (Å²) in [5.41, 5.74) is 3.32. The van der Waals surface area contributed by atoms with Gasteiger partial charge in [0.25, 0.3) is 5.91 Å². The molecule has 5 amide bonds. The highest BCUT2D eigenvalue weighted by Gasteiger charge is 2.34. The summed E-state index contributed by atoms with van der Waals surface area (Å²) in [5.74, 6) is 0.867. The highest BCUT2D eigenvalue weighted by Crippen LogP contribution is 2.40. The number of nitrogens with zero attached hydrogens (tertiary/aromatic N) is 4. The molecular formula is C50H67N9O7S2. The molecule has 3 aliphatic rings. The fourth-order valence-corrected chi connectivity index (χ4v) is 9.89. The second-order valence-electron chi connectivity index (χ2n) is 17.7. The van der Waals surface area contributed by atoms with Crippen molar-refractivity contribution >= 4 is 88.0 Å². The van der Waals surface area contributed by atoms with Gasteiger partial charge in [-0.15, -0.1) is 11.8 Å². The Morgan fingerprint density at radius 2 is 1.63 bits per heavy atom.